The van der Waals surface area contributed by atoms with Crippen molar-refractivity contribution in [1.29, 1.82) is 0 Å². The highest BCUT2D eigenvalue weighted by molar-refractivity contribution is 6.31. The fraction of sp³-hybridized carbons (Fsp3) is 0.500. The van der Waals surface area contributed by atoms with Gasteiger partial charge in [-0.3, -0.25) is 4.90 Å². The molecule has 1 fully saturated rings. The Labute approximate surface area is 111 Å². The van der Waals surface area contributed by atoms with E-state index in [1.54, 1.807) is 6.07 Å². The topological polar surface area (TPSA) is 38.7 Å². The first-order valence-electron chi connectivity index (χ1n) is 5.88. The van der Waals surface area contributed by atoms with E-state index >= 15 is 0 Å². The third kappa shape index (κ3) is 3.32. The van der Waals surface area contributed by atoms with Gasteiger partial charge in [0.15, 0.2) is 6.35 Å². The molecule has 100 valence electrons. The fourth-order valence-corrected chi connectivity index (χ4v) is 2.07. The highest BCUT2D eigenvalue weighted by Gasteiger charge is 2.20. The van der Waals surface area contributed by atoms with Crippen molar-refractivity contribution in [3.05, 3.63) is 29.0 Å². The summed E-state index contributed by atoms with van der Waals surface area (Å²) in [5.74, 6) is -0.462. The van der Waals surface area contributed by atoms with Crippen LogP contribution in [0.15, 0.2) is 18.2 Å². The maximum Gasteiger partial charge on any atom is 0.184 e. The van der Waals surface area contributed by atoms with Crippen molar-refractivity contribution in [2.45, 2.75) is 6.35 Å². The van der Waals surface area contributed by atoms with E-state index in [0.29, 0.717) is 5.69 Å². The number of halogens is 2. The highest BCUT2D eigenvalue weighted by Crippen LogP contribution is 2.20. The molecule has 2 rings (SSSR count). The molecule has 0 saturated carbocycles. The van der Waals surface area contributed by atoms with Crippen LogP contribution in [0.5, 0.6) is 0 Å². The lowest BCUT2D eigenvalue weighted by Gasteiger charge is -2.35. The standard InChI is InChI=1S/C12H17ClFN3O/c1-16-4-6-17(7-5-16)12(18)15-9-2-3-11(14)10(13)8-9/h2-3,8,12,15,18H,4-7H2,1H3. The SMILES string of the molecule is CN1CCN(C(O)Nc2ccc(F)c(Cl)c2)CC1. The van der Waals surface area contributed by atoms with Gasteiger partial charge in [-0.05, 0) is 25.2 Å². The average molecular weight is 274 g/mol. The molecule has 1 saturated heterocycles. The van der Waals surface area contributed by atoms with Crippen molar-refractivity contribution < 1.29 is 9.50 Å². The Bertz CT molecular complexity index is 410. The van der Waals surface area contributed by atoms with Crippen LogP contribution in [0.25, 0.3) is 0 Å². The van der Waals surface area contributed by atoms with Gasteiger partial charge in [0, 0.05) is 31.9 Å². The van der Waals surface area contributed by atoms with Crippen molar-refractivity contribution in [2.75, 3.05) is 38.5 Å². The minimum atomic E-state index is -0.778. The molecule has 0 aromatic heterocycles. The number of hydrogen-bond acceptors (Lipinski definition) is 4. The van der Waals surface area contributed by atoms with Gasteiger partial charge in [-0.25, -0.2) is 4.39 Å². The number of likely N-dealkylation sites (N-methyl/N-ethyl adjacent to an activating group) is 1. The molecular formula is C12H17ClFN3O. The second kappa shape index (κ2) is 5.84. The van der Waals surface area contributed by atoms with E-state index in [1.165, 1.54) is 12.1 Å². The quantitative estimate of drug-likeness (QED) is 0.817. The number of aliphatic hydroxyl groups is 1. The van der Waals surface area contributed by atoms with E-state index in [9.17, 15) is 9.50 Å². The lowest BCUT2D eigenvalue weighted by Crippen LogP contribution is -2.51. The second-order valence-electron chi connectivity index (χ2n) is 4.49. The van der Waals surface area contributed by atoms with Crippen LogP contribution < -0.4 is 5.32 Å². The number of nitrogens with zero attached hydrogens (tertiary/aromatic N) is 2. The number of nitrogens with one attached hydrogen (secondary N) is 1. The van der Waals surface area contributed by atoms with Crippen molar-refractivity contribution >= 4 is 17.3 Å². The van der Waals surface area contributed by atoms with Gasteiger partial charge in [-0.15, -0.1) is 0 Å². The second-order valence-corrected chi connectivity index (χ2v) is 4.89. The first kappa shape index (κ1) is 13.5. The zero-order valence-corrected chi connectivity index (χ0v) is 11.0. The summed E-state index contributed by atoms with van der Waals surface area (Å²) >= 11 is 5.69. The lowest BCUT2D eigenvalue weighted by atomic mass is 10.3. The summed E-state index contributed by atoms with van der Waals surface area (Å²) in [5.41, 5.74) is 0.604. The van der Waals surface area contributed by atoms with Crippen LogP contribution in [-0.2, 0) is 0 Å². The minimum absolute atomic E-state index is 0.0468. The molecule has 1 atom stereocenters. The molecule has 1 aliphatic heterocycles. The Hall–Kier alpha value is -0.880. The molecule has 1 unspecified atom stereocenters. The predicted molar refractivity (Wildman–Crippen MR) is 70.1 cm³/mol. The Morgan fingerprint density at radius 1 is 1.33 bits per heavy atom. The van der Waals surface area contributed by atoms with E-state index in [2.05, 4.69) is 17.3 Å². The molecule has 1 heterocycles. The van der Waals surface area contributed by atoms with Gasteiger partial charge in [0.05, 0.1) is 5.02 Å². The molecule has 4 nitrogen and oxygen atoms in total. The maximum absolute atomic E-state index is 13.0. The Morgan fingerprint density at radius 3 is 2.61 bits per heavy atom. The fourth-order valence-electron chi connectivity index (χ4n) is 1.89. The molecule has 0 radical (unpaired) electrons. The normalized spacial score (nSPS) is 19.8. The smallest absolute Gasteiger partial charge is 0.184 e. The van der Waals surface area contributed by atoms with Crippen LogP contribution in [-0.4, -0.2) is 54.5 Å². The predicted octanol–water partition coefficient (Wildman–Crippen LogP) is 1.41. The van der Waals surface area contributed by atoms with Crippen LogP contribution in [0, 0.1) is 5.82 Å². The summed E-state index contributed by atoms with van der Waals surface area (Å²) in [6.07, 6.45) is -0.778. The van der Waals surface area contributed by atoms with Crippen molar-refractivity contribution in [1.82, 2.24) is 9.80 Å². The van der Waals surface area contributed by atoms with Gasteiger partial charge >= 0.3 is 0 Å². The summed E-state index contributed by atoms with van der Waals surface area (Å²) in [5, 5.41) is 13.0. The molecule has 18 heavy (non-hydrogen) atoms. The summed E-state index contributed by atoms with van der Waals surface area (Å²) in [4.78, 5) is 4.13. The van der Waals surface area contributed by atoms with Crippen LogP contribution >= 0.6 is 11.6 Å². The number of rotatable bonds is 3. The van der Waals surface area contributed by atoms with E-state index in [-0.39, 0.29) is 5.02 Å². The zero-order chi connectivity index (χ0) is 13.1. The highest BCUT2D eigenvalue weighted by atomic mass is 35.5. The third-order valence-corrected chi connectivity index (χ3v) is 3.39. The molecule has 0 spiro atoms. The summed E-state index contributed by atoms with van der Waals surface area (Å²) in [6.45, 7) is 3.42. The van der Waals surface area contributed by atoms with Crippen LogP contribution in [0.2, 0.25) is 5.02 Å². The molecule has 1 aromatic carbocycles. The maximum atomic E-state index is 13.0. The monoisotopic (exact) mass is 273 g/mol. The largest absolute Gasteiger partial charge is 0.361 e. The Morgan fingerprint density at radius 2 is 2.00 bits per heavy atom. The molecule has 0 bridgehead atoms. The number of anilines is 1. The van der Waals surface area contributed by atoms with E-state index < -0.39 is 12.2 Å². The van der Waals surface area contributed by atoms with E-state index in [0.717, 1.165) is 26.2 Å². The van der Waals surface area contributed by atoms with E-state index in [4.69, 9.17) is 11.6 Å². The first-order chi connectivity index (χ1) is 8.56. The Kier molecular flexibility index (Phi) is 4.40. The third-order valence-electron chi connectivity index (χ3n) is 3.10. The molecule has 6 heteroatoms. The first-order valence-corrected chi connectivity index (χ1v) is 6.26. The molecular weight excluding hydrogens is 257 g/mol. The van der Waals surface area contributed by atoms with Crippen LogP contribution in [0.1, 0.15) is 0 Å². The van der Waals surface area contributed by atoms with Crippen molar-refractivity contribution in [3.63, 3.8) is 0 Å². The van der Waals surface area contributed by atoms with Gasteiger partial charge in [0.25, 0.3) is 0 Å². The summed E-state index contributed by atoms with van der Waals surface area (Å²) in [7, 11) is 2.05. The summed E-state index contributed by atoms with van der Waals surface area (Å²) in [6, 6.07) is 4.30. The van der Waals surface area contributed by atoms with Gasteiger partial charge < -0.3 is 15.3 Å². The minimum Gasteiger partial charge on any atom is -0.361 e. The van der Waals surface area contributed by atoms with Gasteiger partial charge in [-0.1, -0.05) is 11.6 Å². The number of benzene rings is 1. The average Bonchev–Trinajstić information content (AvgIpc) is 2.34. The van der Waals surface area contributed by atoms with Crippen molar-refractivity contribution in [3.8, 4) is 0 Å². The molecule has 1 aliphatic rings. The summed E-state index contributed by atoms with van der Waals surface area (Å²) < 4.78 is 13.0. The van der Waals surface area contributed by atoms with E-state index in [1.807, 2.05) is 4.90 Å². The van der Waals surface area contributed by atoms with Gasteiger partial charge in [0.2, 0.25) is 0 Å². The molecule has 0 amide bonds. The van der Waals surface area contributed by atoms with Crippen LogP contribution in [0.4, 0.5) is 10.1 Å². The number of hydrogen-bond donors (Lipinski definition) is 2. The lowest BCUT2D eigenvalue weighted by molar-refractivity contribution is -0.00192. The van der Waals surface area contributed by atoms with Gasteiger partial charge in [-0.2, -0.15) is 0 Å². The molecule has 2 N–H and O–H groups in total. The number of piperazine rings is 1. The number of aliphatic hydroxyl groups excluding tert-OH is 1. The molecule has 1 aromatic rings. The van der Waals surface area contributed by atoms with Crippen LogP contribution in [0.3, 0.4) is 0 Å². The van der Waals surface area contributed by atoms with Gasteiger partial charge in [0.1, 0.15) is 5.82 Å². The van der Waals surface area contributed by atoms with Crippen molar-refractivity contribution in [2.24, 2.45) is 0 Å². The Balaban J connectivity index is 1.94. The molecule has 0 aliphatic carbocycles. The zero-order valence-electron chi connectivity index (χ0n) is 10.2.